The Morgan fingerprint density at radius 3 is 1.76 bits per heavy atom. The lowest BCUT2D eigenvalue weighted by atomic mass is 10.1. The van der Waals surface area contributed by atoms with Crippen LogP contribution in [0, 0.1) is 13.8 Å². The minimum Gasteiger partial charge on any atom is -0.343 e. The number of benzene rings is 2. The Kier molecular flexibility index (Phi) is 2.40. The van der Waals surface area contributed by atoms with Gasteiger partial charge in [-0.25, -0.2) is 0 Å². The zero-order valence-electron chi connectivity index (χ0n) is 10.3. The van der Waals surface area contributed by atoms with Gasteiger partial charge in [0, 0.05) is 16.8 Å². The fraction of sp³-hybridized carbons (Fsp3) is 0.200. The van der Waals surface area contributed by atoms with Gasteiger partial charge in [-0.3, -0.25) is 0 Å². The quantitative estimate of drug-likeness (QED) is 0.666. The second kappa shape index (κ2) is 3.81. The fourth-order valence-electron chi connectivity index (χ4n) is 2.20. The maximum absolute atomic E-state index is 2.29. The molecule has 0 fully saturated rings. The van der Waals surface area contributed by atoms with E-state index >= 15 is 0 Å². The van der Waals surface area contributed by atoms with Gasteiger partial charge in [0.05, 0.1) is 11.4 Å². The molecule has 0 spiro atoms. The summed E-state index contributed by atoms with van der Waals surface area (Å²) in [6.07, 6.45) is 0. The highest BCUT2D eigenvalue weighted by Crippen LogP contribution is 2.47. The number of hydrogen-bond acceptors (Lipinski definition) is 2. The number of anilines is 2. The summed E-state index contributed by atoms with van der Waals surface area (Å²) >= 11 is 1.86. The molecular formula is C15H15NS. The average Bonchev–Trinajstić information content (AvgIpc) is 2.32. The van der Waals surface area contributed by atoms with Crippen LogP contribution in [-0.2, 0) is 0 Å². The van der Waals surface area contributed by atoms with E-state index in [0.29, 0.717) is 0 Å². The number of fused-ring (bicyclic) bond motifs is 2. The lowest BCUT2D eigenvalue weighted by molar-refractivity contribution is 1.10. The summed E-state index contributed by atoms with van der Waals surface area (Å²) in [4.78, 5) is 4.98. The van der Waals surface area contributed by atoms with E-state index in [-0.39, 0.29) is 0 Å². The van der Waals surface area contributed by atoms with Gasteiger partial charge in [0.15, 0.2) is 0 Å². The molecule has 2 aromatic carbocycles. The van der Waals surface area contributed by atoms with Gasteiger partial charge in [0.1, 0.15) is 0 Å². The third kappa shape index (κ3) is 1.73. The first kappa shape index (κ1) is 10.7. The van der Waals surface area contributed by atoms with E-state index in [2.05, 4.69) is 62.2 Å². The third-order valence-corrected chi connectivity index (χ3v) is 4.30. The van der Waals surface area contributed by atoms with E-state index in [9.17, 15) is 0 Å². The molecular weight excluding hydrogens is 226 g/mol. The van der Waals surface area contributed by atoms with Gasteiger partial charge in [-0.15, -0.1) is 0 Å². The van der Waals surface area contributed by atoms with Crippen molar-refractivity contribution in [2.45, 2.75) is 23.6 Å². The van der Waals surface area contributed by atoms with Crippen molar-refractivity contribution in [2.24, 2.45) is 0 Å². The molecule has 2 aromatic rings. The molecule has 0 amide bonds. The molecule has 1 aliphatic rings. The normalized spacial score (nSPS) is 13.2. The second-order valence-electron chi connectivity index (χ2n) is 4.60. The highest BCUT2D eigenvalue weighted by Gasteiger charge is 2.20. The first-order valence-electron chi connectivity index (χ1n) is 5.78. The number of hydrogen-bond donors (Lipinski definition) is 0. The van der Waals surface area contributed by atoms with Crippen molar-refractivity contribution < 1.29 is 0 Å². The van der Waals surface area contributed by atoms with Crippen LogP contribution in [0.4, 0.5) is 11.4 Å². The minimum atomic E-state index is 1.31. The lowest BCUT2D eigenvalue weighted by Crippen LogP contribution is -2.14. The summed E-state index contributed by atoms with van der Waals surface area (Å²) in [7, 11) is 2.15. The molecule has 86 valence electrons. The van der Waals surface area contributed by atoms with Gasteiger partial charge in [-0.05, 0) is 49.2 Å². The van der Waals surface area contributed by atoms with E-state index in [0.717, 1.165) is 0 Å². The van der Waals surface area contributed by atoms with Gasteiger partial charge in [0.25, 0.3) is 0 Å². The van der Waals surface area contributed by atoms with Gasteiger partial charge in [0.2, 0.25) is 0 Å². The summed E-state index contributed by atoms with van der Waals surface area (Å²) in [5, 5.41) is 0. The van der Waals surface area contributed by atoms with Crippen molar-refractivity contribution in [3.63, 3.8) is 0 Å². The van der Waals surface area contributed by atoms with Crippen LogP contribution in [0.5, 0.6) is 0 Å². The van der Waals surface area contributed by atoms with Crippen LogP contribution >= 0.6 is 11.8 Å². The average molecular weight is 241 g/mol. The molecule has 0 bridgehead atoms. The Bertz CT molecular complexity index is 538. The van der Waals surface area contributed by atoms with Crippen molar-refractivity contribution in [2.75, 3.05) is 11.9 Å². The summed E-state index contributed by atoms with van der Waals surface area (Å²) in [6, 6.07) is 13.3. The van der Waals surface area contributed by atoms with Crippen LogP contribution in [0.1, 0.15) is 11.1 Å². The molecule has 0 N–H and O–H groups in total. The largest absolute Gasteiger partial charge is 0.343 e. The Labute approximate surface area is 106 Å². The van der Waals surface area contributed by atoms with E-state index in [4.69, 9.17) is 0 Å². The van der Waals surface area contributed by atoms with Crippen LogP contribution < -0.4 is 4.90 Å². The molecule has 0 aliphatic carbocycles. The van der Waals surface area contributed by atoms with Crippen molar-refractivity contribution in [1.29, 1.82) is 0 Å². The minimum absolute atomic E-state index is 1.31. The molecule has 2 heteroatoms. The Balaban J connectivity index is 2.18. The summed E-state index contributed by atoms with van der Waals surface area (Å²) in [6.45, 7) is 4.29. The van der Waals surface area contributed by atoms with Crippen molar-refractivity contribution >= 4 is 23.1 Å². The van der Waals surface area contributed by atoms with Gasteiger partial charge in [-0.1, -0.05) is 23.9 Å². The van der Waals surface area contributed by atoms with E-state index in [1.54, 1.807) is 0 Å². The zero-order chi connectivity index (χ0) is 12.0. The monoisotopic (exact) mass is 241 g/mol. The van der Waals surface area contributed by atoms with Crippen LogP contribution in [0.15, 0.2) is 46.2 Å². The van der Waals surface area contributed by atoms with Crippen LogP contribution in [0.25, 0.3) is 0 Å². The molecule has 0 radical (unpaired) electrons. The smallest absolute Gasteiger partial charge is 0.0552 e. The summed E-state index contributed by atoms with van der Waals surface area (Å²) in [5.74, 6) is 0. The number of rotatable bonds is 0. The zero-order valence-corrected chi connectivity index (χ0v) is 11.1. The topological polar surface area (TPSA) is 3.24 Å². The molecule has 1 heterocycles. The molecule has 1 nitrogen and oxygen atoms in total. The highest BCUT2D eigenvalue weighted by molar-refractivity contribution is 7.99. The maximum atomic E-state index is 2.29. The SMILES string of the molecule is Cc1ccc2c(c1)N(C)c1cc(C)ccc1S2. The number of aryl methyl sites for hydroxylation is 2. The standard InChI is InChI=1S/C15H15NS/c1-10-4-6-14-12(8-10)16(3)13-9-11(2)5-7-15(13)17-14/h4-9H,1-3H3. The van der Waals surface area contributed by atoms with E-state index in [1.165, 1.54) is 32.3 Å². The molecule has 0 saturated carbocycles. The third-order valence-electron chi connectivity index (χ3n) is 3.17. The van der Waals surface area contributed by atoms with Gasteiger partial charge < -0.3 is 4.90 Å². The predicted molar refractivity (Wildman–Crippen MR) is 74.5 cm³/mol. The summed E-state index contributed by atoms with van der Waals surface area (Å²) in [5.41, 5.74) is 5.25. The molecule has 0 unspecified atom stereocenters. The Hall–Kier alpha value is -1.41. The second-order valence-corrected chi connectivity index (χ2v) is 5.69. The van der Waals surface area contributed by atoms with E-state index in [1.807, 2.05) is 11.8 Å². The first-order chi connectivity index (χ1) is 8.15. The van der Waals surface area contributed by atoms with E-state index < -0.39 is 0 Å². The highest BCUT2D eigenvalue weighted by atomic mass is 32.2. The van der Waals surface area contributed by atoms with Crippen LogP contribution in [-0.4, -0.2) is 7.05 Å². The first-order valence-corrected chi connectivity index (χ1v) is 6.60. The lowest BCUT2D eigenvalue weighted by Gasteiger charge is -2.30. The predicted octanol–water partition coefficient (Wildman–Crippen LogP) is 4.54. The molecule has 0 saturated heterocycles. The van der Waals surface area contributed by atoms with Crippen molar-refractivity contribution in [1.82, 2.24) is 0 Å². The number of nitrogens with zero attached hydrogens (tertiary/aromatic N) is 1. The molecule has 3 rings (SSSR count). The fourth-order valence-corrected chi connectivity index (χ4v) is 3.31. The Morgan fingerprint density at radius 1 is 0.824 bits per heavy atom. The molecule has 1 aliphatic heterocycles. The van der Waals surface area contributed by atoms with Crippen LogP contribution in [0.2, 0.25) is 0 Å². The van der Waals surface area contributed by atoms with Crippen LogP contribution in [0.3, 0.4) is 0 Å². The Morgan fingerprint density at radius 2 is 1.29 bits per heavy atom. The van der Waals surface area contributed by atoms with Gasteiger partial charge >= 0.3 is 0 Å². The molecule has 0 atom stereocenters. The summed E-state index contributed by atoms with van der Waals surface area (Å²) < 4.78 is 0. The maximum Gasteiger partial charge on any atom is 0.0552 e. The van der Waals surface area contributed by atoms with Crippen molar-refractivity contribution in [3.8, 4) is 0 Å². The van der Waals surface area contributed by atoms with Gasteiger partial charge in [-0.2, -0.15) is 0 Å². The molecule has 0 aromatic heterocycles. The molecule has 17 heavy (non-hydrogen) atoms. The van der Waals surface area contributed by atoms with Crippen molar-refractivity contribution in [3.05, 3.63) is 47.5 Å².